The lowest BCUT2D eigenvalue weighted by Crippen LogP contribution is -2.07. The van der Waals surface area contributed by atoms with Gasteiger partial charge < -0.3 is 11.2 Å². The van der Waals surface area contributed by atoms with Gasteiger partial charge in [0.15, 0.2) is 0 Å². The van der Waals surface area contributed by atoms with Gasteiger partial charge in [0.2, 0.25) is 5.84 Å². The molecule has 0 saturated heterocycles. The van der Waals surface area contributed by atoms with Crippen LogP contribution in [-0.4, -0.2) is 10.8 Å². The number of halogens is 3. The molecule has 0 radical (unpaired) electrons. The summed E-state index contributed by atoms with van der Waals surface area (Å²) >= 11 is 0. The van der Waals surface area contributed by atoms with E-state index in [1.54, 1.807) is 0 Å². The van der Waals surface area contributed by atoms with Gasteiger partial charge in [-0.2, -0.15) is 18.3 Å². The summed E-state index contributed by atoms with van der Waals surface area (Å²) in [6, 6.07) is 7.79. The van der Waals surface area contributed by atoms with E-state index in [9.17, 15) is 23.3 Å². The van der Waals surface area contributed by atoms with Gasteiger partial charge in [0.1, 0.15) is 0 Å². The first kappa shape index (κ1) is 21.5. The lowest BCUT2D eigenvalue weighted by atomic mass is 10.1. The zero-order valence-corrected chi connectivity index (χ0v) is 14.4. The number of anilines is 2. The number of nitrogens with two attached hydrogens (primary N) is 1. The number of hydrogen-bond donors (Lipinski definition) is 3. The highest BCUT2D eigenvalue weighted by Crippen LogP contribution is 2.31. The Hall–Kier alpha value is -3.50. The van der Waals surface area contributed by atoms with Crippen LogP contribution in [-0.2, 0) is 6.18 Å². The van der Waals surface area contributed by atoms with Crippen LogP contribution in [0.5, 0.6) is 0 Å². The van der Waals surface area contributed by atoms with Crippen molar-refractivity contribution >= 4 is 22.9 Å². The summed E-state index contributed by atoms with van der Waals surface area (Å²) in [6.07, 6.45) is -4.46. The van der Waals surface area contributed by atoms with Crippen LogP contribution in [0.4, 0.5) is 30.2 Å². The molecule has 4 N–H and O–H groups in total. The fraction of sp³-hybridized carbons (Fsp3) is 0.188. The quantitative estimate of drug-likeness (QED) is 0.171. The second kappa shape index (κ2) is 9.27. The number of alkyl halides is 3. The van der Waals surface area contributed by atoms with E-state index in [1.165, 1.54) is 24.3 Å². The van der Waals surface area contributed by atoms with Gasteiger partial charge in [0, 0.05) is 17.8 Å². The molecule has 0 aliphatic rings. The summed E-state index contributed by atoms with van der Waals surface area (Å²) in [4.78, 5) is 10.2. The second-order valence-corrected chi connectivity index (χ2v) is 4.75. The first-order chi connectivity index (χ1) is 12.8. The molecule has 11 heteroatoms. The number of nitrogens with zero attached hydrogens (tertiary/aromatic N) is 3. The van der Waals surface area contributed by atoms with E-state index in [2.05, 4.69) is 15.5 Å². The SMILES string of the molecule is CC.N=N/C(=N\N)c1cc([N+](=O)[O-])ccc1Nc1ccc(C(F)(F)F)cc1. The molecule has 0 unspecified atom stereocenters. The first-order valence-corrected chi connectivity index (χ1v) is 7.64. The van der Waals surface area contributed by atoms with Crippen molar-refractivity contribution in [3.05, 3.63) is 63.7 Å². The Morgan fingerprint density at radius 2 is 1.78 bits per heavy atom. The van der Waals surface area contributed by atoms with Crippen molar-refractivity contribution in [2.45, 2.75) is 20.0 Å². The number of nitro groups is 1. The number of hydrogen-bond acceptors (Lipinski definition) is 6. The molecule has 2 rings (SSSR count). The average molecular weight is 382 g/mol. The Morgan fingerprint density at radius 1 is 1.19 bits per heavy atom. The third-order valence-electron chi connectivity index (χ3n) is 3.17. The van der Waals surface area contributed by atoms with Gasteiger partial charge in [-0.15, -0.1) is 5.11 Å². The molecule has 0 aliphatic heterocycles. The monoisotopic (exact) mass is 382 g/mol. The second-order valence-electron chi connectivity index (χ2n) is 4.75. The summed E-state index contributed by atoms with van der Waals surface area (Å²) < 4.78 is 37.7. The Morgan fingerprint density at radius 3 is 2.22 bits per heavy atom. The van der Waals surface area contributed by atoms with Crippen molar-refractivity contribution in [1.29, 1.82) is 5.53 Å². The van der Waals surface area contributed by atoms with Gasteiger partial charge in [-0.05, 0) is 30.3 Å². The minimum absolute atomic E-state index is 0.0617. The largest absolute Gasteiger partial charge is 0.416 e. The number of non-ortho nitro benzene ring substituents is 1. The molecule has 0 heterocycles. The highest BCUT2D eigenvalue weighted by Gasteiger charge is 2.30. The van der Waals surface area contributed by atoms with Crippen LogP contribution in [0.1, 0.15) is 25.0 Å². The van der Waals surface area contributed by atoms with Crippen LogP contribution in [0, 0.1) is 15.6 Å². The zero-order chi connectivity index (χ0) is 20.6. The summed E-state index contributed by atoms with van der Waals surface area (Å²) in [5.74, 6) is 4.84. The summed E-state index contributed by atoms with van der Waals surface area (Å²) in [5, 5.41) is 20.0. The zero-order valence-electron chi connectivity index (χ0n) is 14.4. The molecule has 27 heavy (non-hydrogen) atoms. The van der Waals surface area contributed by atoms with Gasteiger partial charge in [-0.25, -0.2) is 5.53 Å². The van der Waals surface area contributed by atoms with Crippen molar-refractivity contribution in [2.75, 3.05) is 5.32 Å². The Kier molecular flexibility index (Phi) is 7.39. The third-order valence-corrected chi connectivity index (χ3v) is 3.17. The van der Waals surface area contributed by atoms with E-state index in [1.807, 2.05) is 13.8 Å². The van der Waals surface area contributed by atoms with E-state index in [0.717, 1.165) is 18.2 Å². The van der Waals surface area contributed by atoms with Gasteiger partial charge in [0.25, 0.3) is 5.69 Å². The first-order valence-electron chi connectivity index (χ1n) is 7.64. The van der Waals surface area contributed by atoms with Crippen LogP contribution in [0.3, 0.4) is 0 Å². The van der Waals surface area contributed by atoms with Gasteiger partial charge in [0.05, 0.1) is 21.7 Å². The standard InChI is InChI=1S/C14H11F3N6O2.C2H6/c15-14(16,17)8-1-3-9(4-2-8)20-12-6-5-10(23(24)25)7-11(12)13(21-18)22-19;1-2/h1-7,18,20H,19H2;1-2H3/b21-18?,22-13-;. The molecule has 0 saturated carbocycles. The highest BCUT2D eigenvalue weighted by atomic mass is 19.4. The summed E-state index contributed by atoms with van der Waals surface area (Å²) in [6.45, 7) is 4.00. The van der Waals surface area contributed by atoms with E-state index in [4.69, 9.17) is 11.4 Å². The number of amidine groups is 1. The van der Waals surface area contributed by atoms with Crippen molar-refractivity contribution in [3.8, 4) is 0 Å². The number of nitro benzene ring substituents is 1. The molecular weight excluding hydrogens is 365 g/mol. The maximum absolute atomic E-state index is 12.6. The predicted molar refractivity (Wildman–Crippen MR) is 95.0 cm³/mol. The van der Waals surface area contributed by atoms with Crippen LogP contribution in [0.2, 0.25) is 0 Å². The van der Waals surface area contributed by atoms with Gasteiger partial charge in [-0.1, -0.05) is 13.8 Å². The van der Waals surface area contributed by atoms with Gasteiger partial charge in [-0.3, -0.25) is 10.1 Å². The Balaban J connectivity index is 0.00000176. The molecule has 0 atom stereocenters. The molecule has 8 nitrogen and oxygen atoms in total. The minimum atomic E-state index is -4.46. The molecule has 0 fully saturated rings. The predicted octanol–water partition coefficient (Wildman–Crippen LogP) is 5.03. The molecule has 0 aliphatic carbocycles. The van der Waals surface area contributed by atoms with Gasteiger partial charge >= 0.3 is 6.18 Å². The lowest BCUT2D eigenvalue weighted by Gasteiger charge is -2.12. The molecule has 2 aromatic carbocycles. The van der Waals surface area contributed by atoms with Crippen molar-refractivity contribution in [2.24, 2.45) is 16.1 Å². The summed E-state index contributed by atoms with van der Waals surface area (Å²) in [7, 11) is 0. The number of rotatable bonds is 4. The molecule has 0 bridgehead atoms. The Bertz CT molecular complexity index is 835. The maximum atomic E-state index is 12.6. The minimum Gasteiger partial charge on any atom is -0.355 e. The van der Waals surface area contributed by atoms with Crippen LogP contribution in [0.25, 0.3) is 0 Å². The highest BCUT2D eigenvalue weighted by molar-refractivity contribution is 6.04. The topological polar surface area (TPSA) is 130 Å². The van der Waals surface area contributed by atoms with E-state index < -0.39 is 16.7 Å². The van der Waals surface area contributed by atoms with Crippen molar-refractivity contribution in [3.63, 3.8) is 0 Å². The molecule has 2 aromatic rings. The van der Waals surface area contributed by atoms with Crippen molar-refractivity contribution in [1.82, 2.24) is 0 Å². The maximum Gasteiger partial charge on any atom is 0.416 e. The third kappa shape index (κ3) is 5.49. The van der Waals surface area contributed by atoms with E-state index >= 15 is 0 Å². The van der Waals surface area contributed by atoms with Crippen LogP contribution < -0.4 is 11.2 Å². The smallest absolute Gasteiger partial charge is 0.355 e. The molecule has 0 amide bonds. The fourth-order valence-electron chi connectivity index (χ4n) is 2.00. The van der Waals surface area contributed by atoms with Crippen LogP contribution >= 0.6 is 0 Å². The fourth-order valence-corrected chi connectivity index (χ4v) is 2.00. The number of nitrogens with one attached hydrogen (secondary N) is 2. The average Bonchev–Trinajstić information content (AvgIpc) is 2.65. The van der Waals surface area contributed by atoms with Crippen LogP contribution in [0.15, 0.2) is 52.7 Å². The molecule has 144 valence electrons. The van der Waals surface area contributed by atoms with E-state index in [-0.39, 0.29) is 22.8 Å². The molecule has 0 aromatic heterocycles. The van der Waals surface area contributed by atoms with Crippen molar-refractivity contribution < 1.29 is 18.1 Å². The normalized spacial score (nSPS) is 11.2. The molecular formula is C16H17F3N6O2. The van der Waals surface area contributed by atoms with E-state index in [0.29, 0.717) is 5.69 Å². The number of benzene rings is 2. The number of hydrazone groups is 1. The lowest BCUT2D eigenvalue weighted by molar-refractivity contribution is -0.384. The molecule has 0 spiro atoms. The Labute approximate surface area is 152 Å². The summed E-state index contributed by atoms with van der Waals surface area (Å²) in [5.41, 5.74) is 6.55.